The first-order valence-corrected chi connectivity index (χ1v) is 3.97. The highest BCUT2D eigenvalue weighted by Crippen LogP contribution is 2.11. The Kier molecular flexibility index (Phi) is 2.80. The van der Waals surface area contributed by atoms with Crippen molar-refractivity contribution in [2.24, 2.45) is 0 Å². The Morgan fingerprint density at radius 3 is 2.55 bits per heavy atom. The molecular formula is C10H13N. The van der Waals surface area contributed by atoms with Gasteiger partial charge >= 0.3 is 0 Å². The standard InChI is InChI=1S/C10H13N/c1-3-7-10(4-2)11-8-5-6-9-11/h2,5-6,8-10H,3,7H2,1H3. The van der Waals surface area contributed by atoms with Gasteiger partial charge in [0.15, 0.2) is 0 Å². The molecule has 58 valence electrons. The maximum Gasteiger partial charge on any atom is 0.0938 e. The van der Waals surface area contributed by atoms with Crippen LogP contribution in [0.3, 0.4) is 0 Å². The topological polar surface area (TPSA) is 4.93 Å². The van der Waals surface area contributed by atoms with Crippen molar-refractivity contribution in [2.75, 3.05) is 0 Å². The second-order valence-corrected chi connectivity index (χ2v) is 2.60. The molecule has 0 amide bonds. The molecule has 0 bridgehead atoms. The van der Waals surface area contributed by atoms with Gasteiger partial charge in [0.25, 0.3) is 0 Å². The summed E-state index contributed by atoms with van der Waals surface area (Å²) in [7, 11) is 0. The van der Waals surface area contributed by atoms with Crippen molar-refractivity contribution >= 4 is 0 Å². The zero-order valence-corrected chi connectivity index (χ0v) is 6.83. The molecule has 1 heteroatoms. The molecule has 1 atom stereocenters. The SMILES string of the molecule is C#CC(CCC)n1cccc1. The van der Waals surface area contributed by atoms with Crippen LogP contribution in [0, 0.1) is 12.3 Å². The molecule has 1 aromatic rings. The average molecular weight is 147 g/mol. The fraction of sp³-hybridized carbons (Fsp3) is 0.400. The van der Waals surface area contributed by atoms with Gasteiger partial charge in [0, 0.05) is 12.4 Å². The zero-order chi connectivity index (χ0) is 8.10. The Morgan fingerprint density at radius 1 is 1.45 bits per heavy atom. The summed E-state index contributed by atoms with van der Waals surface area (Å²) in [4.78, 5) is 0. The predicted molar refractivity (Wildman–Crippen MR) is 47.2 cm³/mol. The maximum atomic E-state index is 5.38. The normalized spacial score (nSPS) is 12.4. The van der Waals surface area contributed by atoms with Gasteiger partial charge in [-0.25, -0.2) is 0 Å². The zero-order valence-electron chi connectivity index (χ0n) is 6.83. The number of nitrogens with zero attached hydrogens (tertiary/aromatic N) is 1. The molecule has 0 saturated carbocycles. The van der Waals surface area contributed by atoms with Gasteiger partial charge in [-0.15, -0.1) is 6.42 Å². The molecule has 0 radical (unpaired) electrons. The number of aromatic nitrogens is 1. The van der Waals surface area contributed by atoms with Crippen LogP contribution < -0.4 is 0 Å². The molecule has 1 unspecified atom stereocenters. The van der Waals surface area contributed by atoms with Crippen LogP contribution in [0.15, 0.2) is 24.5 Å². The third-order valence-electron chi connectivity index (χ3n) is 1.74. The van der Waals surface area contributed by atoms with Gasteiger partial charge < -0.3 is 4.57 Å². The van der Waals surface area contributed by atoms with Crippen molar-refractivity contribution in [1.29, 1.82) is 0 Å². The third kappa shape index (κ3) is 1.88. The van der Waals surface area contributed by atoms with Crippen LogP contribution in [0.4, 0.5) is 0 Å². The van der Waals surface area contributed by atoms with Crippen LogP contribution >= 0.6 is 0 Å². The van der Waals surface area contributed by atoms with Crippen LogP contribution in [-0.4, -0.2) is 4.57 Å². The predicted octanol–water partition coefficient (Wildman–Crippen LogP) is 2.46. The van der Waals surface area contributed by atoms with Gasteiger partial charge in [-0.3, -0.25) is 0 Å². The molecule has 0 aliphatic carbocycles. The highest BCUT2D eigenvalue weighted by atomic mass is 15.0. The van der Waals surface area contributed by atoms with Crippen LogP contribution in [-0.2, 0) is 0 Å². The van der Waals surface area contributed by atoms with E-state index in [4.69, 9.17) is 6.42 Å². The van der Waals surface area contributed by atoms with Crippen molar-refractivity contribution in [2.45, 2.75) is 25.8 Å². The van der Waals surface area contributed by atoms with Crippen molar-refractivity contribution in [3.63, 3.8) is 0 Å². The molecule has 0 aliphatic heterocycles. The van der Waals surface area contributed by atoms with Crippen LogP contribution in [0.25, 0.3) is 0 Å². The lowest BCUT2D eigenvalue weighted by Gasteiger charge is -2.10. The van der Waals surface area contributed by atoms with Crippen LogP contribution in [0.1, 0.15) is 25.8 Å². The monoisotopic (exact) mass is 147 g/mol. The van der Waals surface area contributed by atoms with Gasteiger partial charge in [0.2, 0.25) is 0 Å². The van der Waals surface area contributed by atoms with E-state index in [-0.39, 0.29) is 6.04 Å². The van der Waals surface area contributed by atoms with Gasteiger partial charge in [-0.05, 0) is 18.6 Å². The molecule has 0 saturated heterocycles. The molecule has 0 aromatic carbocycles. The summed E-state index contributed by atoms with van der Waals surface area (Å²) in [5.74, 6) is 2.77. The molecule has 0 aliphatic rings. The highest BCUT2D eigenvalue weighted by Gasteiger charge is 2.02. The molecule has 1 nitrogen and oxygen atoms in total. The Balaban J connectivity index is 2.65. The molecular weight excluding hydrogens is 134 g/mol. The van der Waals surface area contributed by atoms with E-state index in [0.29, 0.717) is 0 Å². The van der Waals surface area contributed by atoms with Crippen LogP contribution in [0.2, 0.25) is 0 Å². The number of terminal acetylenes is 1. The van der Waals surface area contributed by atoms with Crippen molar-refractivity contribution in [1.82, 2.24) is 4.57 Å². The minimum absolute atomic E-state index is 0.245. The van der Waals surface area contributed by atoms with Crippen molar-refractivity contribution in [3.8, 4) is 12.3 Å². The second-order valence-electron chi connectivity index (χ2n) is 2.60. The molecule has 0 fully saturated rings. The van der Waals surface area contributed by atoms with Crippen LogP contribution in [0.5, 0.6) is 0 Å². The molecule has 11 heavy (non-hydrogen) atoms. The van der Waals surface area contributed by atoms with E-state index in [0.717, 1.165) is 12.8 Å². The first kappa shape index (κ1) is 7.94. The van der Waals surface area contributed by atoms with E-state index in [9.17, 15) is 0 Å². The fourth-order valence-corrected chi connectivity index (χ4v) is 1.15. The Hall–Kier alpha value is -1.16. The van der Waals surface area contributed by atoms with E-state index < -0.39 is 0 Å². The van der Waals surface area contributed by atoms with Crippen molar-refractivity contribution in [3.05, 3.63) is 24.5 Å². The second kappa shape index (κ2) is 3.88. The minimum atomic E-state index is 0.245. The summed E-state index contributed by atoms with van der Waals surface area (Å²) in [5, 5.41) is 0. The van der Waals surface area contributed by atoms with E-state index >= 15 is 0 Å². The molecule has 1 rings (SSSR count). The summed E-state index contributed by atoms with van der Waals surface area (Å²) < 4.78 is 2.07. The third-order valence-corrected chi connectivity index (χ3v) is 1.74. The summed E-state index contributed by atoms with van der Waals surface area (Å²) >= 11 is 0. The maximum absolute atomic E-state index is 5.38. The van der Waals surface area contributed by atoms with E-state index in [1.165, 1.54) is 0 Å². The number of rotatable bonds is 3. The Labute approximate surface area is 68.0 Å². The summed E-state index contributed by atoms with van der Waals surface area (Å²) in [6.07, 6.45) is 11.6. The average Bonchev–Trinajstić information content (AvgIpc) is 2.52. The van der Waals surface area contributed by atoms with Gasteiger partial charge in [0.05, 0.1) is 6.04 Å². The Morgan fingerprint density at radius 2 is 2.09 bits per heavy atom. The number of hydrogen-bond acceptors (Lipinski definition) is 0. The molecule has 0 N–H and O–H groups in total. The number of hydrogen-bond donors (Lipinski definition) is 0. The van der Waals surface area contributed by atoms with Gasteiger partial charge in [0.1, 0.15) is 0 Å². The van der Waals surface area contributed by atoms with Crippen molar-refractivity contribution < 1.29 is 0 Å². The van der Waals surface area contributed by atoms with E-state index in [1.807, 2.05) is 24.5 Å². The molecule has 0 spiro atoms. The van der Waals surface area contributed by atoms with E-state index in [2.05, 4.69) is 17.4 Å². The summed E-state index contributed by atoms with van der Waals surface area (Å²) in [5.41, 5.74) is 0. The lowest BCUT2D eigenvalue weighted by molar-refractivity contribution is 0.568. The van der Waals surface area contributed by atoms with Gasteiger partial charge in [-0.1, -0.05) is 19.3 Å². The molecule has 1 heterocycles. The minimum Gasteiger partial charge on any atom is -0.340 e. The summed E-state index contributed by atoms with van der Waals surface area (Å²) in [6, 6.07) is 4.25. The highest BCUT2D eigenvalue weighted by molar-refractivity contribution is 5.03. The Bertz CT molecular complexity index is 228. The summed E-state index contributed by atoms with van der Waals surface area (Å²) in [6.45, 7) is 2.15. The first-order chi connectivity index (χ1) is 5.38. The quantitative estimate of drug-likeness (QED) is 0.579. The molecule has 1 aromatic heterocycles. The van der Waals surface area contributed by atoms with E-state index in [1.54, 1.807) is 0 Å². The first-order valence-electron chi connectivity index (χ1n) is 3.97. The van der Waals surface area contributed by atoms with Gasteiger partial charge in [-0.2, -0.15) is 0 Å². The largest absolute Gasteiger partial charge is 0.340 e. The lowest BCUT2D eigenvalue weighted by Crippen LogP contribution is -2.02. The smallest absolute Gasteiger partial charge is 0.0938 e. The lowest BCUT2D eigenvalue weighted by atomic mass is 10.2. The fourth-order valence-electron chi connectivity index (χ4n) is 1.15.